The average Bonchev–Trinajstić information content (AvgIpc) is 3.19. The summed E-state index contributed by atoms with van der Waals surface area (Å²) < 4.78 is 1.95. The van der Waals surface area contributed by atoms with E-state index in [9.17, 15) is 9.59 Å². The van der Waals surface area contributed by atoms with E-state index in [0.29, 0.717) is 30.9 Å². The quantitative estimate of drug-likeness (QED) is 0.747. The van der Waals surface area contributed by atoms with Gasteiger partial charge in [0.15, 0.2) is 0 Å². The fourth-order valence-electron chi connectivity index (χ4n) is 3.48. The molecule has 4 rings (SSSR count). The van der Waals surface area contributed by atoms with E-state index in [0.717, 1.165) is 11.3 Å². The molecule has 1 aliphatic heterocycles. The first-order chi connectivity index (χ1) is 13.6. The van der Waals surface area contributed by atoms with Crippen molar-refractivity contribution in [3.05, 3.63) is 89.5 Å². The Morgan fingerprint density at radius 1 is 1.14 bits per heavy atom. The lowest BCUT2D eigenvalue weighted by atomic mass is 10.1. The van der Waals surface area contributed by atoms with Gasteiger partial charge in [-0.25, -0.2) is 0 Å². The summed E-state index contributed by atoms with van der Waals surface area (Å²) in [6.07, 6.45) is 3.48. The number of carbonyl (C=O) groups excluding carboxylic acids is 2. The van der Waals surface area contributed by atoms with Gasteiger partial charge in [-0.1, -0.05) is 30.3 Å². The number of fused-ring (bicyclic) bond motifs is 1. The summed E-state index contributed by atoms with van der Waals surface area (Å²) in [5.41, 5.74) is 3.13. The van der Waals surface area contributed by atoms with Crippen molar-refractivity contribution >= 4 is 11.8 Å². The molecule has 0 aliphatic carbocycles. The standard InChI is InChI=1S/C22H22N4O2/c1-16-9-10-18(12-23-16)21(27)24-13-19-15-25-11-5-8-20(25)22(28)26(19)14-17-6-3-2-4-7-17/h2-12,19H,13-15H2,1H3,(H,24,27). The van der Waals surface area contributed by atoms with Crippen LogP contribution in [0.2, 0.25) is 0 Å². The van der Waals surface area contributed by atoms with Gasteiger partial charge in [0, 0.05) is 37.7 Å². The number of carbonyl (C=O) groups is 2. The summed E-state index contributed by atoms with van der Waals surface area (Å²) in [4.78, 5) is 31.5. The third kappa shape index (κ3) is 3.67. The minimum absolute atomic E-state index is 0.0173. The third-order valence-corrected chi connectivity index (χ3v) is 5.03. The van der Waals surface area contributed by atoms with Crippen molar-refractivity contribution in [1.82, 2.24) is 19.8 Å². The number of hydrogen-bond acceptors (Lipinski definition) is 3. The normalized spacial score (nSPS) is 16.0. The van der Waals surface area contributed by atoms with Crippen molar-refractivity contribution in [3.8, 4) is 0 Å². The van der Waals surface area contributed by atoms with E-state index in [1.807, 2.05) is 71.1 Å². The predicted molar refractivity (Wildman–Crippen MR) is 106 cm³/mol. The number of amides is 2. The highest BCUT2D eigenvalue weighted by Crippen LogP contribution is 2.21. The van der Waals surface area contributed by atoms with Crippen LogP contribution in [0.1, 0.15) is 32.1 Å². The molecule has 1 unspecified atom stereocenters. The fourth-order valence-corrected chi connectivity index (χ4v) is 3.48. The molecule has 28 heavy (non-hydrogen) atoms. The highest BCUT2D eigenvalue weighted by Gasteiger charge is 2.32. The molecule has 3 heterocycles. The summed E-state index contributed by atoms with van der Waals surface area (Å²) in [7, 11) is 0. The SMILES string of the molecule is Cc1ccc(C(=O)NCC2Cn3cccc3C(=O)N2Cc2ccccc2)cn1. The van der Waals surface area contributed by atoms with Crippen molar-refractivity contribution in [3.63, 3.8) is 0 Å². The Labute approximate surface area is 163 Å². The second kappa shape index (κ2) is 7.68. The Bertz CT molecular complexity index is 979. The van der Waals surface area contributed by atoms with Crippen molar-refractivity contribution in [2.24, 2.45) is 0 Å². The number of benzene rings is 1. The summed E-state index contributed by atoms with van der Waals surface area (Å²) in [5, 5.41) is 2.96. The largest absolute Gasteiger partial charge is 0.350 e. The number of nitrogens with zero attached hydrogens (tertiary/aromatic N) is 3. The molecule has 1 N–H and O–H groups in total. The summed E-state index contributed by atoms with van der Waals surface area (Å²) in [6.45, 7) is 3.42. The molecule has 0 spiro atoms. The van der Waals surface area contributed by atoms with Gasteiger partial charge in [0.2, 0.25) is 0 Å². The van der Waals surface area contributed by atoms with Crippen LogP contribution in [-0.2, 0) is 13.1 Å². The molecule has 2 aromatic heterocycles. The van der Waals surface area contributed by atoms with Crippen LogP contribution in [0.15, 0.2) is 67.0 Å². The Morgan fingerprint density at radius 2 is 1.96 bits per heavy atom. The van der Waals surface area contributed by atoms with Gasteiger partial charge in [-0.15, -0.1) is 0 Å². The lowest BCUT2D eigenvalue weighted by Crippen LogP contribution is -2.52. The van der Waals surface area contributed by atoms with E-state index in [1.165, 1.54) is 0 Å². The van der Waals surface area contributed by atoms with Crippen LogP contribution in [0.5, 0.6) is 0 Å². The number of rotatable bonds is 5. The van der Waals surface area contributed by atoms with Crippen LogP contribution in [0.25, 0.3) is 0 Å². The predicted octanol–water partition coefficient (Wildman–Crippen LogP) is 2.65. The Kier molecular flexibility index (Phi) is 4.93. The molecule has 0 bridgehead atoms. The van der Waals surface area contributed by atoms with E-state index in [1.54, 1.807) is 12.3 Å². The number of aromatic nitrogens is 2. The van der Waals surface area contributed by atoms with Gasteiger partial charge in [-0.05, 0) is 36.8 Å². The first kappa shape index (κ1) is 18.0. The van der Waals surface area contributed by atoms with Gasteiger partial charge < -0.3 is 14.8 Å². The van der Waals surface area contributed by atoms with Crippen LogP contribution < -0.4 is 5.32 Å². The smallest absolute Gasteiger partial charge is 0.271 e. The molecule has 1 atom stereocenters. The lowest BCUT2D eigenvalue weighted by molar-refractivity contribution is 0.0563. The summed E-state index contributed by atoms with van der Waals surface area (Å²) >= 11 is 0. The minimum Gasteiger partial charge on any atom is -0.350 e. The van der Waals surface area contributed by atoms with Gasteiger partial charge in [0.05, 0.1) is 11.6 Å². The second-order valence-corrected chi connectivity index (χ2v) is 7.02. The molecule has 0 fully saturated rings. The molecule has 0 radical (unpaired) electrons. The lowest BCUT2D eigenvalue weighted by Gasteiger charge is -2.37. The van der Waals surface area contributed by atoms with Gasteiger partial charge in [0.1, 0.15) is 5.69 Å². The van der Waals surface area contributed by atoms with E-state index in [2.05, 4.69) is 10.3 Å². The van der Waals surface area contributed by atoms with Crippen molar-refractivity contribution in [1.29, 1.82) is 0 Å². The Balaban J connectivity index is 1.51. The van der Waals surface area contributed by atoms with E-state index in [-0.39, 0.29) is 17.9 Å². The van der Waals surface area contributed by atoms with Gasteiger partial charge in [0.25, 0.3) is 11.8 Å². The highest BCUT2D eigenvalue weighted by molar-refractivity contribution is 5.95. The van der Waals surface area contributed by atoms with Gasteiger partial charge >= 0.3 is 0 Å². The number of pyridine rings is 1. The van der Waals surface area contributed by atoms with E-state index < -0.39 is 0 Å². The molecule has 6 heteroatoms. The minimum atomic E-state index is -0.182. The van der Waals surface area contributed by atoms with Gasteiger partial charge in [-0.3, -0.25) is 14.6 Å². The van der Waals surface area contributed by atoms with E-state index >= 15 is 0 Å². The second-order valence-electron chi connectivity index (χ2n) is 7.02. The third-order valence-electron chi connectivity index (χ3n) is 5.03. The topological polar surface area (TPSA) is 67.2 Å². The monoisotopic (exact) mass is 374 g/mol. The zero-order valence-electron chi connectivity index (χ0n) is 15.7. The number of nitrogens with one attached hydrogen (secondary N) is 1. The van der Waals surface area contributed by atoms with Crippen molar-refractivity contribution in [2.75, 3.05) is 6.54 Å². The van der Waals surface area contributed by atoms with Crippen LogP contribution in [0.3, 0.4) is 0 Å². The van der Waals surface area contributed by atoms with Crippen LogP contribution in [0.4, 0.5) is 0 Å². The Morgan fingerprint density at radius 3 is 2.71 bits per heavy atom. The summed E-state index contributed by atoms with van der Waals surface area (Å²) in [6, 6.07) is 17.1. The zero-order valence-corrected chi connectivity index (χ0v) is 15.7. The highest BCUT2D eigenvalue weighted by atomic mass is 16.2. The maximum Gasteiger partial charge on any atom is 0.271 e. The molecule has 1 aliphatic rings. The average molecular weight is 374 g/mol. The summed E-state index contributed by atoms with van der Waals surface area (Å²) in [5.74, 6) is -0.200. The maximum absolute atomic E-state index is 13.0. The molecule has 3 aromatic rings. The first-order valence-electron chi connectivity index (χ1n) is 9.33. The molecule has 6 nitrogen and oxygen atoms in total. The van der Waals surface area contributed by atoms with Crippen LogP contribution in [-0.4, -0.2) is 38.9 Å². The molecule has 0 saturated heterocycles. The first-order valence-corrected chi connectivity index (χ1v) is 9.33. The van der Waals surface area contributed by atoms with Crippen molar-refractivity contribution in [2.45, 2.75) is 26.1 Å². The molecule has 2 amide bonds. The Hall–Kier alpha value is -3.41. The van der Waals surface area contributed by atoms with Crippen LogP contribution >= 0.6 is 0 Å². The molecular weight excluding hydrogens is 352 g/mol. The maximum atomic E-state index is 13.0. The van der Waals surface area contributed by atoms with Crippen molar-refractivity contribution < 1.29 is 9.59 Å². The molecule has 0 saturated carbocycles. The van der Waals surface area contributed by atoms with Gasteiger partial charge in [-0.2, -0.15) is 0 Å². The fraction of sp³-hybridized carbons (Fsp3) is 0.227. The van der Waals surface area contributed by atoms with E-state index in [4.69, 9.17) is 0 Å². The number of aryl methyl sites for hydroxylation is 1. The van der Waals surface area contributed by atoms with Crippen LogP contribution in [0, 0.1) is 6.92 Å². The molecule has 1 aromatic carbocycles. The zero-order chi connectivity index (χ0) is 19.5. The molecular formula is C22H22N4O2. The molecule has 142 valence electrons. The number of hydrogen-bond donors (Lipinski definition) is 1.